The molecule has 32 heavy (non-hydrogen) atoms. The van der Waals surface area contributed by atoms with Gasteiger partial charge in [-0.25, -0.2) is 19.7 Å². The Bertz CT molecular complexity index is 1020. The molecule has 4 rings (SSSR count). The van der Waals surface area contributed by atoms with Crippen LogP contribution in [0.1, 0.15) is 44.6 Å². The molecule has 2 N–H and O–H groups in total. The third-order valence-electron chi connectivity index (χ3n) is 5.93. The van der Waals surface area contributed by atoms with Crippen molar-refractivity contribution in [1.82, 2.24) is 20.3 Å². The summed E-state index contributed by atoms with van der Waals surface area (Å²) in [4.78, 5) is 28.3. The summed E-state index contributed by atoms with van der Waals surface area (Å²) in [5, 5.41) is 5.78. The van der Waals surface area contributed by atoms with Gasteiger partial charge in [0.2, 0.25) is 0 Å². The van der Waals surface area contributed by atoms with Gasteiger partial charge in [0, 0.05) is 19.6 Å². The molecule has 1 atom stereocenters. The van der Waals surface area contributed by atoms with E-state index in [9.17, 15) is 4.79 Å². The molecule has 1 aliphatic rings. The number of carbonyl (C=O) groups is 1. The van der Waals surface area contributed by atoms with E-state index >= 15 is 0 Å². The van der Waals surface area contributed by atoms with Crippen molar-refractivity contribution in [3.05, 3.63) is 54.2 Å². The lowest BCUT2D eigenvalue weighted by molar-refractivity contribution is 0.250. The van der Waals surface area contributed by atoms with Gasteiger partial charge in [0.25, 0.3) is 0 Å². The highest BCUT2D eigenvalue weighted by molar-refractivity contribution is 5.89. The highest BCUT2D eigenvalue weighted by Crippen LogP contribution is 2.20. The monoisotopic (exact) mass is 432 g/mol. The lowest BCUT2D eigenvalue weighted by atomic mass is 10.0. The molecular formula is C25H32N6O. The quantitative estimate of drug-likeness (QED) is 0.534. The molecule has 3 aromatic rings. The Labute approximate surface area is 189 Å². The molecule has 1 unspecified atom stereocenters. The van der Waals surface area contributed by atoms with Gasteiger partial charge < -0.3 is 10.2 Å². The second-order valence-corrected chi connectivity index (χ2v) is 8.63. The molecule has 7 nitrogen and oxygen atoms in total. The summed E-state index contributed by atoms with van der Waals surface area (Å²) in [6.45, 7) is 4.80. The van der Waals surface area contributed by atoms with Gasteiger partial charge in [-0.2, -0.15) is 0 Å². The van der Waals surface area contributed by atoms with E-state index in [0.29, 0.717) is 23.9 Å². The Balaban J connectivity index is 1.26. The third-order valence-corrected chi connectivity index (χ3v) is 5.93. The molecule has 3 heterocycles. The van der Waals surface area contributed by atoms with Crippen LogP contribution >= 0.6 is 0 Å². The minimum Gasteiger partial charge on any atom is -0.355 e. The maximum atomic E-state index is 12.4. The zero-order valence-electron chi connectivity index (χ0n) is 18.8. The SMILES string of the molecule is CC(CCCc1ccccc1)CNC(=O)Nc1ccc2ncc(N3CCCCC3)nc2n1. The molecule has 168 valence electrons. The van der Waals surface area contributed by atoms with Crippen molar-refractivity contribution >= 4 is 28.8 Å². The first-order valence-electron chi connectivity index (χ1n) is 11.6. The van der Waals surface area contributed by atoms with Crippen LogP contribution in [0.4, 0.5) is 16.4 Å². The Morgan fingerprint density at radius 2 is 1.88 bits per heavy atom. The molecule has 1 saturated heterocycles. The molecule has 0 saturated carbocycles. The summed E-state index contributed by atoms with van der Waals surface area (Å²) in [5.74, 6) is 1.75. The zero-order chi connectivity index (χ0) is 22.2. The number of aromatic nitrogens is 3. The van der Waals surface area contributed by atoms with Crippen molar-refractivity contribution < 1.29 is 4.79 Å². The molecule has 1 aromatic carbocycles. The van der Waals surface area contributed by atoms with Crippen molar-refractivity contribution in [3.8, 4) is 0 Å². The third kappa shape index (κ3) is 6.15. The Morgan fingerprint density at radius 3 is 2.69 bits per heavy atom. The molecule has 2 aromatic heterocycles. The molecule has 0 aliphatic carbocycles. The largest absolute Gasteiger partial charge is 0.355 e. The van der Waals surface area contributed by atoms with Crippen LogP contribution < -0.4 is 15.5 Å². The van der Waals surface area contributed by atoms with Crippen LogP contribution in [0.25, 0.3) is 11.2 Å². The maximum absolute atomic E-state index is 12.4. The molecular weight excluding hydrogens is 400 g/mol. The summed E-state index contributed by atoms with van der Waals surface area (Å²) in [5.41, 5.74) is 2.64. The van der Waals surface area contributed by atoms with Crippen LogP contribution in [0, 0.1) is 5.92 Å². The number of benzene rings is 1. The normalized spacial score (nSPS) is 14.8. The van der Waals surface area contributed by atoms with Gasteiger partial charge in [0.05, 0.1) is 6.20 Å². The Morgan fingerprint density at radius 1 is 1.06 bits per heavy atom. The predicted octanol–water partition coefficient (Wildman–Crippen LogP) is 4.80. The topological polar surface area (TPSA) is 83.0 Å². The van der Waals surface area contributed by atoms with Gasteiger partial charge >= 0.3 is 6.03 Å². The first-order chi connectivity index (χ1) is 15.7. The van der Waals surface area contributed by atoms with Crippen molar-refractivity contribution in [1.29, 1.82) is 0 Å². The second-order valence-electron chi connectivity index (χ2n) is 8.63. The van der Waals surface area contributed by atoms with Crippen molar-refractivity contribution in [2.45, 2.75) is 45.4 Å². The van der Waals surface area contributed by atoms with Gasteiger partial charge in [0.1, 0.15) is 17.2 Å². The number of pyridine rings is 1. The molecule has 1 fully saturated rings. The minimum absolute atomic E-state index is 0.244. The maximum Gasteiger partial charge on any atom is 0.320 e. The molecule has 7 heteroatoms. The van der Waals surface area contributed by atoms with E-state index in [2.05, 4.69) is 61.7 Å². The Kier molecular flexibility index (Phi) is 7.48. The van der Waals surface area contributed by atoms with Crippen molar-refractivity contribution in [3.63, 3.8) is 0 Å². The lowest BCUT2D eigenvalue weighted by Crippen LogP contribution is -2.32. The van der Waals surface area contributed by atoms with E-state index in [1.54, 1.807) is 6.07 Å². The van der Waals surface area contributed by atoms with E-state index in [4.69, 9.17) is 0 Å². The lowest BCUT2D eigenvalue weighted by Gasteiger charge is -2.27. The van der Waals surface area contributed by atoms with Crippen LogP contribution in [0.15, 0.2) is 48.7 Å². The number of urea groups is 1. The van der Waals surface area contributed by atoms with Crippen LogP contribution in [-0.2, 0) is 6.42 Å². The number of nitrogens with zero attached hydrogens (tertiary/aromatic N) is 4. The van der Waals surface area contributed by atoms with E-state index in [1.807, 2.05) is 18.3 Å². The average Bonchev–Trinajstić information content (AvgIpc) is 2.83. The summed E-state index contributed by atoms with van der Waals surface area (Å²) >= 11 is 0. The standard InChI is InChI=1S/C25H32N6O/c1-19(9-8-12-20-10-4-2-5-11-20)17-27-25(32)29-22-14-13-21-24(28-22)30-23(18-26-21)31-15-6-3-7-16-31/h2,4-5,10-11,13-14,18-19H,3,6-9,12,15-17H2,1H3,(H2,27,28,29,30,32). The van der Waals surface area contributed by atoms with Crippen molar-refractivity contribution in [2.75, 3.05) is 29.9 Å². The second kappa shape index (κ2) is 10.9. The summed E-state index contributed by atoms with van der Waals surface area (Å²) in [6.07, 6.45) is 8.69. The van der Waals surface area contributed by atoms with Crippen LogP contribution in [0.3, 0.4) is 0 Å². The van der Waals surface area contributed by atoms with Gasteiger partial charge in [0.15, 0.2) is 5.65 Å². The molecule has 2 amide bonds. The first-order valence-corrected chi connectivity index (χ1v) is 11.6. The van der Waals surface area contributed by atoms with E-state index in [0.717, 1.165) is 43.7 Å². The number of aryl methyl sites for hydroxylation is 1. The van der Waals surface area contributed by atoms with Gasteiger partial charge in [-0.15, -0.1) is 0 Å². The van der Waals surface area contributed by atoms with Crippen LogP contribution in [0.5, 0.6) is 0 Å². The number of anilines is 2. The molecule has 0 radical (unpaired) electrons. The van der Waals surface area contributed by atoms with Crippen molar-refractivity contribution in [2.24, 2.45) is 5.92 Å². The Hall–Kier alpha value is -3.22. The highest BCUT2D eigenvalue weighted by Gasteiger charge is 2.14. The van der Waals surface area contributed by atoms with E-state index in [-0.39, 0.29) is 6.03 Å². The fraction of sp³-hybridized carbons (Fsp3) is 0.440. The summed E-state index contributed by atoms with van der Waals surface area (Å²) in [6, 6.07) is 13.9. The zero-order valence-corrected chi connectivity index (χ0v) is 18.8. The van der Waals surface area contributed by atoms with Gasteiger partial charge in [-0.05, 0) is 62.1 Å². The number of hydrogen-bond donors (Lipinski definition) is 2. The average molecular weight is 433 g/mol. The number of hydrogen-bond acceptors (Lipinski definition) is 5. The van der Waals surface area contributed by atoms with E-state index < -0.39 is 0 Å². The molecule has 1 aliphatic heterocycles. The number of fused-ring (bicyclic) bond motifs is 1. The van der Waals surface area contributed by atoms with Crippen LogP contribution in [0.2, 0.25) is 0 Å². The van der Waals surface area contributed by atoms with Crippen LogP contribution in [-0.4, -0.2) is 40.6 Å². The fourth-order valence-corrected chi connectivity index (χ4v) is 4.06. The van der Waals surface area contributed by atoms with Gasteiger partial charge in [-0.3, -0.25) is 5.32 Å². The first kappa shape index (κ1) is 22.0. The number of carbonyl (C=O) groups excluding carboxylic acids is 1. The predicted molar refractivity (Wildman–Crippen MR) is 129 cm³/mol. The smallest absolute Gasteiger partial charge is 0.320 e. The number of piperidine rings is 1. The van der Waals surface area contributed by atoms with E-state index in [1.165, 1.54) is 24.8 Å². The van der Waals surface area contributed by atoms with Gasteiger partial charge in [-0.1, -0.05) is 37.3 Å². The molecule has 0 bridgehead atoms. The number of rotatable bonds is 8. The molecule has 0 spiro atoms. The highest BCUT2D eigenvalue weighted by atomic mass is 16.2. The number of nitrogens with one attached hydrogen (secondary N) is 2. The summed E-state index contributed by atoms with van der Waals surface area (Å²) < 4.78 is 0. The minimum atomic E-state index is -0.244. The summed E-state index contributed by atoms with van der Waals surface area (Å²) in [7, 11) is 0. The number of amides is 2. The fourth-order valence-electron chi connectivity index (χ4n) is 4.06.